The molecule has 7 nitrogen and oxygen atoms in total. The molecule has 0 bridgehead atoms. The van der Waals surface area contributed by atoms with Crippen molar-refractivity contribution in [1.29, 1.82) is 0 Å². The number of benzene rings is 1. The standard InChI is InChI=1S/C15H18N4O3S3/c1-4-9-16-14-17-18-15(24-14)23-10(2)13(20)11-5-7-12(8-6-11)19-25(3,21)22/h4-8,10,19H,1,9H2,2-3H3,(H,16,17)/t10-/m0/s1. The molecule has 1 heterocycles. The Labute approximate surface area is 155 Å². The van der Waals surface area contributed by atoms with Crippen LogP contribution >= 0.6 is 23.1 Å². The molecule has 1 atom stereocenters. The van der Waals surface area contributed by atoms with E-state index in [0.29, 0.717) is 27.3 Å². The van der Waals surface area contributed by atoms with Crippen LogP contribution in [0.3, 0.4) is 0 Å². The molecule has 0 unspecified atom stereocenters. The molecule has 1 aromatic heterocycles. The average Bonchev–Trinajstić information content (AvgIpc) is 2.98. The third-order valence-electron chi connectivity index (χ3n) is 2.92. The Morgan fingerprint density at radius 3 is 2.64 bits per heavy atom. The summed E-state index contributed by atoms with van der Waals surface area (Å²) in [6, 6.07) is 6.33. The van der Waals surface area contributed by atoms with Gasteiger partial charge in [0.2, 0.25) is 15.2 Å². The second-order valence-electron chi connectivity index (χ2n) is 5.12. The molecule has 0 fully saturated rings. The molecule has 1 aromatic carbocycles. The molecule has 0 saturated heterocycles. The summed E-state index contributed by atoms with van der Waals surface area (Å²) >= 11 is 2.71. The molecule has 0 aliphatic rings. The topological polar surface area (TPSA) is 101 Å². The van der Waals surface area contributed by atoms with E-state index in [9.17, 15) is 13.2 Å². The van der Waals surface area contributed by atoms with Crippen LogP contribution in [-0.2, 0) is 10.0 Å². The maximum absolute atomic E-state index is 12.5. The van der Waals surface area contributed by atoms with E-state index in [1.54, 1.807) is 37.3 Å². The zero-order valence-corrected chi connectivity index (χ0v) is 16.2. The molecule has 0 radical (unpaired) electrons. The van der Waals surface area contributed by atoms with Crippen molar-refractivity contribution < 1.29 is 13.2 Å². The lowest BCUT2D eigenvalue weighted by atomic mass is 10.1. The number of nitrogens with zero attached hydrogens (tertiary/aromatic N) is 2. The number of Topliss-reactive ketones (excluding diaryl/α,β-unsaturated/α-hetero) is 1. The molecular weight excluding hydrogens is 380 g/mol. The van der Waals surface area contributed by atoms with E-state index in [4.69, 9.17) is 0 Å². The minimum absolute atomic E-state index is 0.0632. The van der Waals surface area contributed by atoms with E-state index >= 15 is 0 Å². The van der Waals surface area contributed by atoms with Crippen LogP contribution in [-0.4, -0.2) is 42.4 Å². The Morgan fingerprint density at radius 1 is 1.36 bits per heavy atom. The number of aromatic nitrogens is 2. The summed E-state index contributed by atoms with van der Waals surface area (Å²) in [6.45, 7) is 6.02. The molecule has 25 heavy (non-hydrogen) atoms. The molecule has 0 spiro atoms. The third-order valence-corrected chi connectivity index (χ3v) is 5.60. The molecule has 0 saturated carbocycles. The van der Waals surface area contributed by atoms with E-state index in [1.165, 1.54) is 23.1 Å². The molecule has 134 valence electrons. The average molecular weight is 399 g/mol. The van der Waals surface area contributed by atoms with Gasteiger partial charge in [-0.15, -0.1) is 16.8 Å². The molecule has 0 aliphatic carbocycles. The summed E-state index contributed by atoms with van der Waals surface area (Å²) in [4.78, 5) is 12.5. The van der Waals surface area contributed by atoms with Crippen LogP contribution in [0.1, 0.15) is 17.3 Å². The zero-order chi connectivity index (χ0) is 18.4. The highest BCUT2D eigenvalue weighted by atomic mass is 32.2. The van der Waals surface area contributed by atoms with E-state index in [0.717, 1.165) is 6.26 Å². The molecule has 0 aliphatic heterocycles. The van der Waals surface area contributed by atoms with Gasteiger partial charge in [0.25, 0.3) is 0 Å². The molecule has 2 rings (SSSR count). The molecule has 0 amide bonds. The van der Waals surface area contributed by atoms with Crippen LogP contribution in [0.4, 0.5) is 10.8 Å². The summed E-state index contributed by atoms with van der Waals surface area (Å²) in [7, 11) is -3.34. The molecule has 2 aromatic rings. The first-order valence-electron chi connectivity index (χ1n) is 7.25. The van der Waals surface area contributed by atoms with E-state index in [1.807, 2.05) is 0 Å². The number of ketones is 1. The predicted octanol–water partition coefficient (Wildman–Crippen LogP) is 2.87. The Hall–Kier alpha value is -1.91. The number of carbonyl (C=O) groups is 1. The van der Waals surface area contributed by atoms with Crippen molar-refractivity contribution in [2.75, 3.05) is 22.8 Å². The summed E-state index contributed by atoms with van der Waals surface area (Å²) < 4.78 is 25.4. The normalized spacial score (nSPS) is 12.4. The maximum Gasteiger partial charge on any atom is 0.229 e. The fourth-order valence-electron chi connectivity index (χ4n) is 1.84. The largest absolute Gasteiger partial charge is 0.357 e. The van der Waals surface area contributed by atoms with Gasteiger partial charge in [-0.1, -0.05) is 29.2 Å². The van der Waals surface area contributed by atoms with Crippen LogP contribution in [0.15, 0.2) is 41.3 Å². The maximum atomic E-state index is 12.5. The van der Waals surface area contributed by atoms with Crippen molar-refractivity contribution in [3.05, 3.63) is 42.5 Å². The summed E-state index contributed by atoms with van der Waals surface area (Å²) in [5.41, 5.74) is 0.926. The number of thioether (sulfide) groups is 1. The Morgan fingerprint density at radius 2 is 2.04 bits per heavy atom. The highest BCUT2D eigenvalue weighted by Crippen LogP contribution is 2.30. The van der Waals surface area contributed by atoms with Gasteiger partial charge in [-0.25, -0.2) is 8.42 Å². The van der Waals surface area contributed by atoms with E-state index < -0.39 is 10.0 Å². The van der Waals surface area contributed by atoms with Crippen molar-refractivity contribution in [2.24, 2.45) is 0 Å². The first kappa shape index (κ1) is 19.4. The lowest BCUT2D eigenvalue weighted by molar-refractivity contribution is 0.0994. The van der Waals surface area contributed by atoms with Gasteiger partial charge in [0.05, 0.1) is 11.5 Å². The minimum atomic E-state index is -3.34. The van der Waals surface area contributed by atoms with Crippen LogP contribution in [0.5, 0.6) is 0 Å². The number of nitrogens with one attached hydrogen (secondary N) is 2. The predicted molar refractivity (Wildman–Crippen MR) is 103 cm³/mol. The van der Waals surface area contributed by atoms with Gasteiger partial charge in [0.15, 0.2) is 10.1 Å². The number of carbonyl (C=O) groups excluding carboxylic acids is 1. The summed E-state index contributed by atoms with van der Waals surface area (Å²) in [5.74, 6) is -0.0632. The van der Waals surface area contributed by atoms with E-state index in [2.05, 4.69) is 26.8 Å². The smallest absolute Gasteiger partial charge is 0.229 e. The first-order valence-corrected chi connectivity index (χ1v) is 10.8. The van der Waals surface area contributed by atoms with Gasteiger partial charge >= 0.3 is 0 Å². The Kier molecular flexibility index (Phi) is 6.57. The Balaban J connectivity index is 1.99. The van der Waals surface area contributed by atoms with Gasteiger partial charge in [0, 0.05) is 17.8 Å². The highest BCUT2D eigenvalue weighted by Gasteiger charge is 2.19. The number of rotatable bonds is 9. The van der Waals surface area contributed by atoms with Gasteiger partial charge < -0.3 is 5.32 Å². The number of hydrogen-bond donors (Lipinski definition) is 2. The SMILES string of the molecule is C=CCNc1nnc(S[C@@H](C)C(=O)c2ccc(NS(C)(=O)=O)cc2)s1. The van der Waals surface area contributed by atoms with Gasteiger partial charge in [0.1, 0.15) is 0 Å². The first-order chi connectivity index (χ1) is 11.8. The lowest BCUT2D eigenvalue weighted by Gasteiger charge is -2.09. The summed E-state index contributed by atoms with van der Waals surface area (Å²) in [5, 5.41) is 11.4. The second-order valence-corrected chi connectivity index (χ2v) is 9.43. The quantitative estimate of drug-likeness (QED) is 0.380. The van der Waals surface area contributed by atoms with Crippen LogP contribution in [0.25, 0.3) is 0 Å². The highest BCUT2D eigenvalue weighted by molar-refractivity contribution is 8.02. The Bertz CT molecular complexity index is 847. The van der Waals surface area contributed by atoms with Crippen LogP contribution in [0.2, 0.25) is 0 Å². The van der Waals surface area contributed by atoms with E-state index in [-0.39, 0.29) is 11.0 Å². The second kappa shape index (κ2) is 8.45. The molecule has 10 heteroatoms. The van der Waals surface area contributed by atoms with Crippen molar-refractivity contribution >= 4 is 49.7 Å². The lowest BCUT2D eigenvalue weighted by Crippen LogP contribution is -2.14. The fourth-order valence-corrected chi connectivity index (χ4v) is 4.39. The fraction of sp³-hybridized carbons (Fsp3) is 0.267. The van der Waals surface area contributed by atoms with Gasteiger partial charge in [-0.05, 0) is 31.2 Å². The zero-order valence-electron chi connectivity index (χ0n) is 13.7. The summed E-state index contributed by atoms with van der Waals surface area (Å²) in [6.07, 6.45) is 2.80. The van der Waals surface area contributed by atoms with Crippen LogP contribution in [0, 0.1) is 0 Å². The van der Waals surface area contributed by atoms with Gasteiger partial charge in [-0.2, -0.15) is 0 Å². The monoisotopic (exact) mass is 398 g/mol. The van der Waals surface area contributed by atoms with Crippen molar-refractivity contribution in [3.8, 4) is 0 Å². The van der Waals surface area contributed by atoms with Crippen molar-refractivity contribution in [3.63, 3.8) is 0 Å². The van der Waals surface area contributed by atoms with Crippen molar-refractivity contribution in [1.82, 2.24) is 10.2 Å². The van der Waals surface area contributed by atoms with Crippen LogP contribution < -0.4 is 10.0 Å². The minimum Gasteiger partial charge on any atom is -0.357 e. The number of anilines is 2. The molecule has 2 N–H and O–H groups in total. The van der Waals surface area contributed by atoms with Crippen molar-refractivity contribution in [2.45, 2.75) is 16.5 Å². The van der Waals surface area contributed by atoms with Gasteiger partial charge in [-0.3, -0.25) is 9.52 Å². The number of sulfonamides is 1. The number of hydrogen-bond acceptors (Lipinski definition) is 8. The molecular formula is C15H18N4O3S3. The third kappa shape index (κ3) is 6.15.